The zero-order chi connectivity index (χ0) is 19.3. The normalized spacial score (nSPS) is 12.4. The van der Waals surface area contributed by atoms with Crippen LogP contribution in [0.1, 0.15) is 21.7 Å². The van der Waals surface area contributed by atoms with Crippen LogP contribution in [0.25, 0.3) is 6.08 Å². The standard InChI is InChI=1S/C22H18N2O4/c25-21(17-12-16-6-1-2-8-19(16)28-14-17)23-13-15-5-3-7-18(11-15)24-22(26)20-9-4-10-27-20/h1-12H,13-14H2,(H,23,25)(H,24,26). The van der Waals surface area contributed by atoms with Gasteiger partial charge in [-0.2, -0.15) is 0 Å². The van der Waals surface area contributed by atoms with E-state index < -0.39 is 0 Å². The Kier molecular flexibility index (Phi) is 4.93. The van der Waals surface area contributed by atoms with Crippen molar-refractivity contribution in [3.8, 4) is 5.75 Å². The van der Waals surface area contributed by atoms with Crippen LogP contribution in [0.3, 0.4) is 0 Å². The Labute approximate surface area is 161 Å². The highest BCUT2D eigenvalue weighted by Crippen LogP contribution is 2.25. The van der Waals surface area contributed by atoms with Crippen molar-refractivity contribution in [1.29, 1.82) is 0 Å². The molecule has 6 nitrogen and oxygen atoms in total. The number of anilines is 1. The smallest absolute Gasteiger partial charge is 0.291 e. The van der Waals surface area contributed by atoms with Gasteiger partial charge in [0.15, 0.2) is 5.76 Å². The molecule has 2 N–H and O–H groups in total. The first-order valence-corrected chi connectivity index (χ1v) is 8.83. The molecular weight excluding hydrogens is 356 g/mol. The molecule has 0 bridgehead atoms. The quantitative estimate of drug-likeness (QED) is 0.715. The summed E-state index contributed by atoms with van der Waals surface area (Å²) in [7, 11) is 0. The summed E-state index contributed by atoms with van der Waals surface area (Å²) in [6.45, 7) is 0.574. The number of nitrogens with one attached hydrogen (secondary N) is 2. The minimum atomic E-state index is -0.325. The van der Waals surface area contributed by atoms with Crippen molar-refractivity contribution in [3.63, 3.8) is 0 Å². The van der Waals surface area contributed by atoms with Gasteiger partial charge in [0.05, 0.1) is 11.8 Å². The number of rotatable bonds is 5. The van der Waals surface area contributed by atoms with Crippen molar-refractivity contribution in [3.05, 3.63) is 89.4 Å². The van der Waals surface area contributed by atoms with E-state index in [1.807, 2.05) is 48.5 Å². The lowest BCUT2D eigenvalue weighted by Gasteiger charge is -2.17. The van der Waals surface area contributed by atoms with Gasteiger partial charge in [-0.1, -0.05) is 30.3 Å². The monoisotopic (exact) mass is 374 g/mol. The van der Waals surface area contributed by atoms with Crippen molar-refractivity contribution in [1.82, 2.24) is 5.32 Å². The Hall–Kier alpha value is -3.80. The summed E-state index contributed by atoms with van der Waals surface area (Å²) in [6.07, 6.45) is 3.29. The molecule has 0 unspecified atom stereocenters. The summed E-state index contributed by atoms with van der Waals surface area (Å²) >= 11 is 0. The number of furan rings is 1. The van der Waals surface area contributed by atoms with Crippen LogP contribution in [-0.4, -0.2) is 18.4 Å². The summed E-state index contributed by atoms with van der Waals surface area (Å²) in [5.41, 5.74) is 2.95. The number of para-hydroxylation sites is 1. The van der Waals surface area contributed by atoms with Gasteiger partial charge in [0.1, 0.15) is 12.4 Å². The molecule has 140 valence electrons. The molecule has 0 radical (unpaired) electrons. The average Bonchev–Trinajstić information content (AvgIpc) is 3.27. The third kappa shape index (κ3) is 3.96. The number of amides is 2. The lowest BCUT2D eigenvalue weighted by molar-refractivity contribution is -0.117. The molecule has 28 heavy (non-hydrogen) atoms. The Morgan fingerprint density at radius 3 is 2.71 bits per heavy atom. The van der Waals surface area contributed by atoms with E-state index in [4.69, 9.17) is 9.15 Å². The molecule has 0 spiro atoms. The van der Waals surface area contributed by atoms with Gasteiger partial charge in [0.2, 0.25) is 0 Å². The lowest BCUT2D eigenvalue weighted by atomic mass is 10.1. The fraction of sp³-hybridized carbons (Fsp3) is 0.0909. The molecule has 2 aromatic carbocycles. The number of carbonyl (C=O) groups is 2. The highest BCUT2D eigenvalue weighted by atomic mass is 16.5. The highest BCUT2D eigenvalue weighted by Gasteiger charge is 2.16. The molecule has 3 aromatic rings. The third-order valence-corrected chi connectivity index (χ3v) is 4.31. The summed E-state index contributed by atoms with van der Waals surface area (Å²) in [5.74, 6) is 0.510. The molecule has 1 aromatic heterocycles. The first-order valence-electron chi connectivity index (χ1n) is 8.83. The van der Waals surface area contributed by atoms with Crippen LogP contribution in [0.5, 0.6) is 5.75 Å². The minimum Gasteiger partial charge on any atom is -0.488 e. The van der Waals surface area contributed by atoms with E-state index >= 15 is 0 Å². The van der Waals surface area contributed by atoms with Crippen LogP contribution >= 0.6 is 0 Å². The van der Waals surface area contributed by atoms with E-state index in [1.54, 1.807) is 18.2 Å². The van der Waals surface area contributed by atoms with Crippen molar-refractivity contribution >= 4 is 23.6 Å². The van der Waals surface area contributed by atoms with E-state index in [0.29, 0.717) is 17.8 Å². The van der Waals surface area contributed by atoms with Crippen molar-refractivity contribution in [2.45, 2.75) is 6.54 Å². The highest BCUT2D eigenvalue weighted by molar-refractivity contribution is 6.02. The van der Waals surface area contributed by atoms with Crippen LogP contribution in [-0.2, 0) is 11.3 Å². The van der Waals surface area contributed by atoms with Gasteiger partial charge in [-0.05, 0) is 42.0 Å². The first-order chi connectivity index (χ1) is 13.7. The Balaban J connectivity index is 1.38. The Morgan fingerprint density at radius 2 is 1.86 bits per heavy atom. The molecule has 4 rings (SSSR count). The van der Waals surface area contributed by atoms with Gasteiger partial charge < -0.3 is 19.8 Å². The summed E-state index contributed by atoms with van der Waals surface area (Å²) in [5, 5.41) is 5.66. The number of fused-ring (bicyclic) bond motifs is 1. The SMILES string of the molecule is O=C(NCc1cccc(NC(=O)c2ccco2)c1)C1=Cc2ccccc2OC1. The van der Waals surface area contributed by atoms with E-state index in [2.05, 4.69) is 10.6 Å². The molecule has 2 heterocycles. The van der Waals surface area contributed by atoms with E-state index in [9.17, 15) is 9.59 Å². The van der Waals surface area contributed by atoms with Crippen molar-refractivity contribution < 1.29 is 18.7 Å². The molecule has 1 aliphatic rings. The largest absolute Gasteiger partial charge is 0.488 e. The third-order valence-electron chi connectivity index (χ3n) is 4.31. The second-order valence-electron chi connectivity index (χ2n) is 6.31. The maximum atomic E-state index is 12.5. The van der Waals surface area contributed by atoms with Crippen molar-refractivity contribution in [2.75, 3.05) is 11.9 Å². The number of ether oxygens (including phenoxy) is 1. The molecular formula is C22H18N2O4. The number of hydrogen-bond donors (Lipinski definition) is 2. The molecule has 1 aliphatic heterocycles. The van der Waals surface area contributed by atoms with E-state index in [1.165, 1.54) is 6.26 Å². The average molecular weight is 374 g/mol. The van der Waals surface area contributed by atoms with Gasteiger partial charge in [0, 0.05) is 17.8 Å². The van der Waals surface area contributed by atoms with Crippen LogP contribution < -0.4 is 15.4 Å². The zero-order valence-electron chi connectivity index (χ0n) is 15.0. The predicted molar refractivity (Wildman–Crippen MR) is 105 cm³/mol. The van der Waals surface area contributed by atoms with Gasteiger partial charge in [-0.3, -0.25) is 9.59 Å². The number of carbonyl (C=O) groups excluding carboxylic acids is 2. The van der Waals surface area contributed by atoms with Gasteiger partial charge in [-0.25, -0.2) is 0 Å². The van der Waals surface area contributed by atoms with Gasteiger partial charge in [0.25, 0.3) is 11.8 Å². The minimum absolute atomic E-state index is 0.181. The molecule has 0 saturated heterocycles. The van der Waals surface area contributed by atoms with E-state index in [0.717, 1.165) is 16.9 Å². The second-order valence-corrected chi connectivity index (χ2v) is 6.31. The maximum absolute atomic E-state index is 12.5. The first kappa shape index (κ1) is 17.6. The van der Waals surface area contributed by atoms with Crippen LogP contribution in [0, 0.1) is 0 Å². The van der Waals surface area contributed by atoms with Crippen LogP contribution in [0.4, 0.5) is 5.69 Å². The topological polar surface area (TPSA) is 80.6 Å². The van der Waals surface area contributed by atoms with Crippen LogP contribution in [0.2, 0.25) is 0 Å². The zero-order valence-corrected chi connectivity index (χ0v) is 15.0. The summed E-state index contributed by atoms with van der Waals surface area (Å²) in [6, 6.07) is 18.1. The van der Waals surface area contributed by atoms with Gasteiger partial charge in [-0.15, -0.1) is 0 Å². The molecule has 0 fully saturated rings. The Morgan fingerprint density at radius 1 is 0.964 bits per heavy atom. The Bertz CT molecular complexity index is 1040. The maximum Gasteiger partial charge on any atom is 0.291 e. The number of benzene rings is 2. The molecule has 0 atom stereocenters. The van der Waals surface area contributed by atoms with Crippen molar-refractivity contribution in [2.24, 2.45) is 0 Å². The van der Waals surface area contributed by atoms with Gasteiger partial charge >= 0.3 is 0 Å². The molecule has 2 amide bonds. The molecule has 0 aliphatic carbocycles. The van der Waals surface area contributed by atoms with E-state index in [-0.39, 0.29) is 24.2 Å². The molecule has 6 heteroatoms. The van der Waals surface area contributed by atoms with Crippen LogP contribution in [0.15, 0.2) is 76.9 Å². The number of hydrogen-bond acceptors (Lipinski definition) is 4. The second kappa shape index (κ2) is 7.84. The lowest BCUT2D eigenvalue weighted by Crippen LogP contribution is -2.28. The summed E-state index contributed by atoms with van der Waals surface area (Å²) < 4.78 is 10.7. The molecule has 0 saturated carbocycles. The fourth-order valence-electron chi connectivity index (χ4n) is 2.90. The fourth-order valence-corrected chi connectivity index (χ4v) is 2.90. The summed E-state index contributed by atoms with van der Waals surface area (Å²) in [4.78, 5) is 24.5. The predicted octanol–water partition coefficient (Wildman–Crippen LogP) is 3.62.